The van der Waals surface area contributed by atoms with E-state index in [1.807, 2.05) is 0 Å². The van der Waals surface area contributed by atoms with Crippen LogP contribution in [0, 0.1) is 0 Å². The maximum Gasteiger partial charge on any atom is 0.254 e. The Kier molecular flexibility index (Phi) is 4.06. The van der Waals surface area contributed by atoms with Gasteiger partial charge in [-0.2, -0.15) is 0 Å². The van der Waals surface area contributed by atoms with Crippen molar-refractivity contribution in [3.63, 3.8) is 0 Å². The molecule has 1 aromatic carbocycles. The van der Waals surface area contributed by atoms with E-state index in [0.29, 0.717) is 22.9 Å². The van der Waals surface area contributed by atoms with Crippen molar-refractivity contribution < 1.29 is 14.3 Å². The molecule has 0 unspecified atom stereocenters. The summed E-state index contributed by atoms with van der Waals surface area (Å²) in [6, 6.07) is 10.1. The Balaban J connectivity index is 1.51. The lowest BCUT2D eigenvalue weighted by molar-refractivity contribution is -0.116. The van der Waals surface area contributed by atoms with Crippen LogP contribution in [0.4, 0.5) is 5.69 Å². The highest BCUT2D eigenvalue weighted by molar-refractivity contribution is 5.90. The molecule has 0 fully saturated rings. The Labute approximate surface area is 148 Å². The molecule has 3 aromatic rings. The summed E-state index contributed by atoms with van der Waals surface area (Å²) in [4.78, 5) is 32.5. The summed E-state index contributed by atoms with van der Waals surface area (Å²) in [6.45, 7) is 0.0516. The van der Waals surface area contributed by atoms with Crippen molar-refractivity contribution in [2.45, 2.75) is 6.54 Å². The second-order valence-corrected chi connectivity index (χ2v) is 5.59. The van der Waals surface area contributed by atoms with Gasteiger partial charge in [0.1, 0.15) is 6.54 Å². The third-order valence-electron chi connectivity index (χ3n) is 3.83. The number of hydrogen-bond donors (Lipinski definition) is 1. The molecule has 1 aliphatic heterocycles. The van der Waals surface area contributed by atoms with Crippen LogP contribution in [0.5, 0.6) is 11.5 Å². The predicted molar refractivity (Wildman–Crippen MR) is 92.9 cm³/mol. The van der Waals surface area contributed by atoms with Gasteiger partial charge in [0.25, 0.3) is 5.56 Å². The van der Waals surface area contributed by atoms with Gasteiger partial charge in [-0.25, -0.2) is 4.98 Å². The van der Waals surface area contributed by atoms with E-state index in [1.165, 1.54) is 17.0 Å². The first kappa shape index (κ1) is 15.8. The first-order chi connectivity index (χ1) is 12.7. The van der Waals surface area contributed by atoms with Gasteiger partial charge in [-0.15, -0.1) is 0 Å². The number of aromatic nitrogens is 3. The van der Waals surface area contributed by atoms with Gasteiger partial charge in [-0.1, -0.05) is 0 Å². The molecular formula is C18H14N4O4. The fraction of sp³-hybridized carbons (Fsp3) is 0.111. The Morgan fingerprint density at radius 3 is 2.73 bits per heavy atom. The molecule has 1 amide bonds. The average Bonchev–Trinajstić information content (AvgIpc) is 3.12. The van der Waals surface area contributed by atoms with E-state index in [9.17, 15) is 9.59 Å². The summed E-state index contributed by atoms with van der Waals surface area (Å²) >= 11 is 0. The zero-order valence-corrected chi connectivity index (χ0v) is 13.6. The van der Waals surface area contributed by atoms with Gasteiger partial charge in [0.2, 0.25) is 12.7 Å². The van der Waals surface area contributed by atoms with Crippen molar-refractivity contribution in [1.82, 2.24) is 14.5 Å². The molecule has 1 N–H and O–H groups in total. The molecular weight excluding hydrogens is 336 g/mol. The summed E-state index contributed by atoms with van der Waals surface area (Å²) in [5.74, 6) is 0.955. The Morgan fingerprint density at radius 1 is 1.12 bits per heavy atom. The van der Waals surface area contributed by atoms with E-state index < -0.39 is 0 Å². The smallest absolute Gasteiger partial charge is 0.254 e. The Morgan fingerprint density at radius 2 is 1.92 bits per heavy atom. The molecule has 8 heteroatoms. The molecule has 26 heavy (non-hydrogen) atoms. The topological polar surface area (TPSA) is 95.3 Å². The van der Waals surface area contributed by atoms with Gasteiger partial charge in [0, 0.05) is 29.7 Å². The summed E-state index contributed by atoms with van der Waals surface area (Å²) in [6.07, 6.45) is 4.50. The summed E-state index contributed by atoms with van der Waals surface area (Å²) in [5, 5.41) is 2.70. The highest BCUT2D eigenvalue weighted by Crippen LogP contribution is 2.35. The number of benzene rings is 1. The average molecular weight is 350 g/mol. The lowest BCUT2D eigenvalue weighted by Crippen LogP contribution is -2.27. The predicted octanol–water partition coefficient (Wildman–Crippen LogP) is 1.67. The maximum atomic E-state index is 12.3. The highest BCUT2D eigenvalue weighted by atomic mass is 16.7. The highest BCUT2D eigenvalue weighted by Gasteiger charge is 2.15. The lowest BCUT2D eigenvalue weighted by Gasteiger charge is -2.08. The van der Waals surface area contributed by atoms with Crippen molar-refractivity contribution in [2.24, 2.45) is 0 Å². The number of carbonyl (C=O) groups excluding carboxylic acids is 1. The minimum Gasteiger partial charge on any atom is -0.454 e. The Hall–Kier alpha value is -3.68. The van der Waals surface area contributed by atoms with Gasteiger partial charge in [-0.3, -0.25) is 19.1 Å². The van der Waals surface area contributed by atoms with Crippen LogP contribution in [0.15, 0.2) is 59.9 Å². The number of pyridine rings is 1. The second kappa shape index (κ2) is 6.67. The minimum atomic E-state index is -0.323. The second-order valence-electron chi connectivity index (χ2n) is 5.59. The molecule has 0 saturated heterocycles. The number of hydrogen-bond acceptors (Lipinski definition) is 6. The van der Waals surface area contributed by atoms with Crippen LogP contribution >= 0.6 is 0 Å². The molecule has 0 spiro atoms. The van der Waals surface area contributed by atoms with Gasteiger partial charge < -0.3 is 14.8 Å². The summed E-state index contributed by atoms with van der Waals surface area (Å²) in [7, 11) is 0. The van der Waals surface area contributed by atoms with Gasteiger partial charge in [0.05, 0.1) is 12.0 Å². The van der Waals surface area contributed by atoms with E-state index in [1.54, 1.807) is 42.7 Å². The van der Waals surface area contributed by atoms with Crippen LogP contribution < -0.4 is 20.3 Å². The monoisotopic (exact) mass is 350 g/mol. The fourth-order valence-electron chi connectivity index (χ4n) is 2.55. The molecule has 1 aliphatic rings. The molecule has 2 aromatic heterocycles. The molecule has 8 nitrogen and oxygen atoms in total. The minimum absolute atomic E-state index is 0.129. The molecule has 0 bridgehead atoms. The number of carbonyl (C=O) groups is 1. The zero-order valence-electron chi connectivity index (χ0n) is 13.6. The number of nitrogens with one attached hydrogen (secondary N) is 1. The molecule has 0 saturated carbocycles. The standard InChI is InChI=1S/C18H14N4O4/c23-17(21-13-3-5-19-6-4-13)9-22-10-20-14(8-18(22)24)12-1-2-15-16(7-12)26-11-25-15/h1-8,10H,9,11H2,(H,19,21,23). The molecule has 4 rings (SSSR count). The van der Waals surface area contributed by atoms with E-state index in [0.717, 1.165) is 5.56 Å². The summed E-state index contributed by atoms with van der Waals surface area (Å²) in [5.41, 5.74) is 1.53. The number of nitrogens with zero attached hydrogens (tertiary/aromatic N) is 3. The van der Waals surface area contributed by atoms with Crippen LogP contribution in [-0.2, 0) is 11.3 Å². The van der Waals surface area contributed by atoms with E-state index in [-0.39, 0.29) is 24.8 Å². The van der Waals surface area contributed by atoms with Crippen molar-refractivity contribution in [2.75, 3.05) is 12.1 Å². The normalized spacial score (nSPS) is 12.0. The van der Waals surface area contributed by atoms with Crippen LogP contribution in [0.2, 0.25) is 0 Å². The SMILES string of the molecule is O=C(Cn1cnc(-c2ccc3c(c2)OCO3)cc1=O)Nc1ccncc1. The first-order valence-corrected chi connectivity index (χ1v) is 7.85. The van der Waals surface area contributed by atoms with Crippen molar-refractivity contribution in [3.05, 3.63) is 65.5 Å². The summed E-state index contributed by atoms with van der Waals surface area (Å²) < 4.78 is 11.8. The van der Waals surface area contributed by atoms with E-state index >= 15 is 0 Å². The quantitative estimate of drug-likeness (QED) is 0.769. The molecule has 0 atom stereocenters. The van der Waals surface area contributed by atoms with E-state index in [4.69, 9.17) is 9.47 Å². The number of anilines is 1. The molecule has 3 heterocycles. The number of amides is 1. The third-order valence-corrected chi connectivity index (χ3v) is 3.83. The number of ether oxygens (including phenoxy) is 2. The molecule has 0 aliphatic carbocycles. The number of fused-ring (bicyclic) bond motifs is 1. The lowest BCUT2D eigenvalue weighted by atomic mass is 10.1. The van der Waals surface area contributed by atoms with Crippen LogP contribution in [0.3, 0.4) is 0 Å². The van der Waals surface area contributed by atoms with Crippen molar-refractivity contribution in [1.29, 1.82) is 0 Å². The van der Waals surface area contributed by atoms with E-state index in [2.05, 4.69) is 15.3 Å². The van der Waals surface area contributed by atoms with Crippen LogP contribution in [0.25, 0.3) is 11.3 Å². The third kappa shape index (κ3) is 3.25. The van der Waals surface area contributed by atoms with Gasteiger partial charge in [0.15, 0.2) is 11.5 Å². The van der Waals surface area contributed by atoms with Crippen molar-refractivity contribution in [3.8, 4) is 22.8 Å². The first-order valence-electron chi connectivity index (χ1n) is 7.85. The Bertz CT molecular complexity index is 1020. The number of rotatable bonds is 4. The zero-order chi connectivity index (χ0) is 17.9. The maximum absolute atomic E-state index is 12.3. The van der Waals surface area contributed by atoms with Crippen molar-refractivity contribution >= 4 is 11.6 Å². The van der Waals surface area contributed by atoms with Gasteiger partial charge in [-0.05, 0) is 30.3 Å². The molecule has 130 valence electrons. The fourth-order valence-corrected chi connectivity index (χ4v) is 2.55. The van der Waals surface area contributed by atoms with Gasteiger partial charge >= 0.3 is 0 Å². The van der Waals surface area contributed by atoms with Crippen LogP contribution in [-0.4, -0.2) is 27.2 Å². The van der Waals surface area contributed by atoms with Crippen LogP contribution in [0.1, 0.15) is 0 Å². The molecule has 0 radical (unpaired) electrons. The largest absolute Gasteiger partial charge is 0.454 e.